The van der Waals surface area contributed by atoms with Crippen molar-refractivity contribution in [3.8, 4) is 0 Å². The van der Waals surface area contributed by atoms with Crippen molar-refractivity contribution in [1.82, 2.24) is 4.57 Å². The van der Waals surface area contributed by atoms with Gasteiger partial charge in [-0.25, -0.2) is 0 Å². The topological polar surface area (TPSA) is 39.1 Å². The van der Waals surface area contributed by atoms with E-state index in [1.165, 1.54) is 4.57 Å². The Morgan fingerprint density at radius 1 is 1.11 bits per heavy atom. The van der Waals surface area contributed by atoms with Crippen LogP contribution in [0.15, 0.2) is 45.7 Å². The van der Waals surface area contributed by atoms with Gasteiger partial charge in [-0.3, -0.25) is 9.59 Å². The zero-order valence-corrected chi connectivity index (χ0v) is 11.7. The van der Waals surface area contributed by atoms with Crippen molar-refractivity contribution < 1.29 is 4.79 Å². The molecule has 18 heavy (non-hydrogen) atoms. The monoisotopic (exact) mass is 305 g/mol. The number of aryl methyl sites for hydroxylation is 1. The van der Waals surface area contributed by atoms with E-state index in [0.717, 1.165) is 10.2 Å². The van der Waals surface area contributed by atoms with Gasteiger partial charge in [0.25, 0.3) is 5.56 Å². The standard InChI is InChI=1S/C14H12BrNO2/c1-9-3-8-12(14(18)16(9)2)13(17)10-4-6-11(15)7-5-10/h3-8H,1-2H3. The Hall–Kier alpha value is -1.68. The first-order valence-corrected chi connectivity index (χ1v) is 6.27. The number of ketones is 1. The lowest BCUT2D eigenvalue weighted by atomic mass is 10.0. The molecular formula is C14H12BrNO2. The summed E-state index contributed by atoms with van der Waals surface area (Å²) in [7, 11) is 1.66. The summed E-state index contributed by atoms with van der Waals surface area (Å²) in [6.07, 6.45) is 0. The summed E-state index contributed by atoms with van der Waals surface area (Å²) in [5, 5.41) is 0. The molecule has 0 saturated heterocycles. The number of rotatable bonds is 2. The van der Waals surface area contributed by atoms with E-state index in [1.54, 1.807) is 43.4 Å². The molecule has 1 aromatic heterocycles. The molecule has 1 heterocycles. The minimum absolute atomic E-state index is 0.199. The lowest BCUT2D eigenvalue weighted by Gasteiger charge is -2.06. The zero-order valence-electron chi connectivity index (χ0n) is 10.1. The maximum Gasteiger partial charge on any atom is 0.261 e. The van der Waals surface area contributed by atoms with Crippen molar-refractivity contribution in [2.24, 2.45) is 7.05 Å². The van der Waals surface area contributed by atoms with Crippen molar-refractivity contribution in [3.63, 3.8) is 0 Å². The number of hydrogen-bond acceptors (Lipinski definition) is 2. The van der Waals surface area contributed by atoms with Gasteiger partial charge in [-0.2, -0.15) is 0 Å². The molecule has 0 unspecified atom stereocenters. The third kappa shape index (κ3) is 2.29. The molecule has 0 spiro atoms. The van der Waals surface area contributed by atoms with Crippen LogP contribution in [0.5, 0.6) is 0 Å². The fourth-order valence-electron chi connectivity index (χ4n) is 1.66. The molecule has 2 aromatic rings. The lowest BCUT2D eigenvalue weighted by Crippen LogP contribution is -2.25. The van der Waals surface area contributed by atoms with Gasteiger partial charge < -0.3 is 4.57 Å². The summed E-state index contributed by atoms with van der Waals surface area (Å²) < 4.78 is 2.38. The molecule has 0 radical (unpaired) electrons. The number of carbonyl (C=O) groups excluding carboxylic acids is 1. The highest BCUT2D eigenvalue weighted by Crippen LogP contribution is 2.13. The number of benzene rings is 1. The van der Waals surface area contributed by atoms with Crippen LogP contribution in [0.4, 0.5) is 0 Å². The van der Waals surface area contributed by atoms with E-state index < -0.39 is 0 Å². The molecule has 3 nitrogen and oxygen atoms in total. The van der Waals surface area contributed by atoms with Crippen molar-refractivity contribution in [3.05, 3.63) is 68.0 Å². The molecule has 1 aromatic carbocycles. The third-order valence-electron chi connectivity index (χ3n) is 2.91. The molecule has 0 fully saturated rings. The second-order valence-electron chi connectivity index (χ2n) is 4.09. The Kier molecular flexibility index (Phi) is 3.48. The highest BCUT2D eigenvalue weighted by Gasteiger charge is 2.14. The number of nitrogens with zero attached hydrogens (tertiary/aromatic N) is 1. The zero-order chi connectivity index (χ0) is 13.3. The Morgan fingerprint density at radius 3 is 2.33 bits per heavy atom. The normalized spacial score (nSPS) is 10.4. The average Bonchev–Trinajstić information content (AvgIpc) is 2.36. The summed E-state index contributed by atoms with van der Waals surface area (Å²) in [5.41, 5.74) is 1.28. The Bertz CT molecular complexity index is 656. The fraction of sp³-hybridized carbons (Fsp3) is 0.143. The van der Waals surface area contributed by atoms with Crippen LogP contribution in [-0.2, 0) is 7.05 Å². The van der Waals surface area contributed by atoms with Crippen LogP contribution in [0.1, 0.15) is 21.6 Å². The van der Waals surface area contributed by atoms with E-state index in [1.807, 2.05) is 6.92 Å². The number of carbonyl (C=O) groups is 1. The Morgan fingerprint density at radius 2 is 1.72 bits per heavy atom. The smallest absolute Gasteiger partial charge is 0.261 e. The quantitative estimate of drug-likeness (QED) is 0.800. The van der Waals surface area contributed by atoms with Crippen molar-refractivity contribution in [1.29, 1.82) is 0 Å². The van der Waals surface area contributed by atoms with E-state index in [4.69, 9.17) is 0 Å². The average molecular weight is 306 g/mol. The third-order valence-corrected chi connectivity index (χ3v) is 3.44. The van der Waals surface area contributed by atoms with Gasteiger partial charge in [0.15, 0.2) is 5.78 Å². The predicted octanol–water partition coefficient (Wildman–Crippen LogP) is 2.69. The van der Waals surface area contributed by atoms with Crippen molar-refractivity contribution in [2.45, 2.75) is 6.92 Å². The maximum atomic E-state index is 12.2. The fourth-order valence-corrected chi connectivity index (χ4v) is 1.92. The first-order valence-electron chi connectivity index (χ1n) is 5.47. The van der Waals surface area contributed by atoms with Crippen LogP contribution in [0.3, 0.4) is 0 Å². The molecule has 0 aliphatic heterocycles. The van der Waals surface area contributed by atoms with Gasteiger partial charge in [0.05, 0.1) is 5.56 Å². The van der Waals surface area contributed by atoms with Gasteiger partial charge >= 0.3 is 0 Å². The summed E-state index contributed by atoms with van der Waals surface area (Å²) in [5.74, 6) is -0.247. The van der Waals surface area contributed by atoms with Gasteiger partial charge in [-0.1, -0.05) is 15.9 Å². The lowest BCUT2D eigenvalue weighted by molar-refractivity contribution is 0.103. The maximum absolute atomic E-state index is 12.2. The minimum Gasteiger partial charge on any atom is -0.315 e. The van der Waals surface area contributed by atoms with Gasteiger partial charge in [0.1, 0.15) is 0 Å². The van der Waals surface area contributed by atoms with Gasteiger partial charge in [0.2, 0.25) is 0 Å². The predicted molar refractivity (Wildman–Crippen MR) is 74.0 cm³/mol. The Labute approximate surface area is 113 Å². The van der Waals surface area contributed by atoms with Crippen LogP contribution in [0, 0.1) is 6.92 Å². The molecule has 0 bridgehead atoms. The molecule has 0 aliphatic rings. The van der Waals surface area contributed by atoms with Crippen LogP contribution in [-0.4, -0.2) is 10.4 Å². The molecule has 0 saturated carbocycles. The van der Waals surface area contributed by atoms with Crippen LogP contribution >= 0.6 is 15.9 Å². The molecule has 0 aliphatic carbocycles. The van der Waals surface area contributed by atoms with Crippen LogP contribution in [0.2, 0.25) is 0 Å². The summed E-state index contributed by atoms with van der Waals surface area (Å²) in [6.45, 7) is 1.83. The molecule has 0 N–H and O–H groups in total. The second-order valence-corrected chi connectivity index (χ2v) is 5.00. The van der Waals surface area contributed by atoms with E-state index in [-0.39, 0.29) is 16.9 Å². The summed E-state index contributed by atoms with van der Waals surface area (Å²) in [6, 6.07) is 10.3. The largest absolute Gasteiger partial charge is 0.315 e. The molecule has 92 valence electrons. The van der Waals surface area contributed by atoms with E-state index >= 15 is 0 Å². The molecule has 2 rings (SSSR count). The Balaban J connectivity index is 2.50. The molecule has 0 atom stereocenters. The number of hydrogen-bond donors (Lipinski definition) is 0. The molecule has 0 amide bonds. The van der Waals surface area contributed by atoms with Crippen LogP contribution < -0.4 is 5.56 Å². The van der Waals surface area contributed by atoms with E-state index in [9.17, 15) is 9.59 Å². The van der Waals surface area contributed by atoms with Crippen LogP contribution in [0.25, 0.3) is 0 Å². The van der Waals surface area contributed by atoms with Crippen molar-refractivity contribution in [2.75, 3.05) is 0 Å². The SMILES string of the molecule is Cc1ccc(C(=O)c2ccc(Br)cc2)c(=O)n1C. The summed E-state index contributed by atoms with van der Waals surface area (Å²) >= 11 is 3.31. The van der Waals surface area contributed by atoms with Gasteiger partial charge in [-0.15, -0.1) is 0 Å². The highest BCUT2D eigenvalue weighted by atomic mass is 79.9. The second kappa shape index (κ2) is 4.90. The number of pyridine rings is 1. The first-order chi connectivity index (χ1) is 8.50. The number of halogens is 1. The molecule has 4 heteroatoms. The van der Waals surface area contributed by atoms with Crippen molar-refractivity contribution >= 4 is 21.7 Å². The number of aromatic nitrogens is 1. The summed E-state index contributed by atoms with van der Waals surface area (Å²) in [4.78, 5) is 24.2. The van der Waals surface area contributed by atoms with Gasteiger partial charge in [-0.05, 0) is 43.3 Å². The van der Waals surface area contributed by atoms with E-state index in [2.05, 4.69) is 15.9 Å². The molecular weight excluding hydrogens is 294 g/mol. The first kappa shape index (κ1) is 12.8. The highest BCUT2D eigenvalue weighted by molar-refractivity contribution is 9.10. The van der Waals surface area contributed by atoms with Gasteiger partial charge in [0, 0.05) is 22.8 Å². The van der Waals surface area contributed by atoms with E-state index in [0.29, 0.717) is 5.56 Å². The minimum atomic E-state index is -0.261.